The van der Waals surface area contributed by atoms with Crippen LogP contribution in [0.4, 0.5) is 0 Å². The number of aromatic carboxylic acids is 1. The predicted octanol–water partition coefficient (Wildman–Crippen LogP) is 3.79. The molecular formula is C15H8ClNO4S2. The molecule has 0 saturated carbocycles. The van der Waals surface area contributed by atoms with Gasteiger partial charge in [-0.05, 0) is 30.3 Å². The van der Waals surface area contributed by atoms with E-state index < -0.39 is 5.97 Å². The van der Waals surface area contributed by atoms with Crippen LogP contribution in [0.1, 0.15) is 16.1 Å². The van der Waals surface area contributed by atoms with Crippen LogP contribution in [0.15, 0.2) is 39.7 Å². The summed E-state index contributed by atoms with van der Waals surface area (Å²) in [7, 11) is 0. The first kappa shape index (κ1) is 15.8. The van der Waals surface area contributed by atoms with Crippen LogP contribution >= 0.6 is 35.6 Å². The number of carbonyl (C=O) groups excluding carboxylic acids is 1. The normalized spacial score (nSPS) is 16.0. The molecule has 0 bridgehead atoms. The van der Waals surface area contributed by atoms with Gasteiger partial charge in [-0.3, -0.25) is 4.79 Å². The van der Waals surface area contributed by atoms with E-state index in [1.807, 2.05) is 0 Å². The highest BCUT2D eigenvalue weighted by Crippen LogP contribution is 2.30. The first-order valence-electron chi connectivity index (χ1n) is 6.32. The molecule has 1 amide bonds. The van der Waals surface area contributed by atoms with Crippen molar-refractivity contribution in [1.82, 2.24) is 5.32 Å². The number of furan rings is 1. The lowest BCUT2D eigenvalue weighted by atomic mass is 10.1. The lowest BCUT2D eigenvalue weighted by molar-refractivity contribution is -0.115. The molecule has 2 N–H and O–H groups in total. The van der Waals surface area contributed by atoms with E-state index in [1.165, 1.54) is 12.1 Å². The Balaban J connectivity index is 1.92. The van der Waals surface area contributed by atoms with E-state index in [0.717, 1.165) is 11.8 Å². The maximum Gasteiger partial charge on any atom is 0.337 e. The molecule has 23 heavy (non-hydrogen) atoms. The third-order valence-electron chi connectivity index (χ3n) is 3.02. The molecule has 0 unspecified atom stereocenters. The summed E-state index contributed by atoms with van der Waals surface area (Å²) in [5.74, 6) is -0.438. The first-order valence-corrected chi connectivity index (χ1v) is 7.92. The lowest BCUT2D eigenvalue weighted by Crippen LogP contribution is -2.17. The van der Waals surface area contributed by atoms with Crippen LogP contribution in [-0.2, 0) is 4.79 Å². The Kier molecular flexibility index (Phi) is 4.25. The lowest BCUT2D eigenvalue weighted by Gasteiger charge is -2.02. The predicted molar refractivity (Wildman–Crippen MR) is 92.4 cm³/mol. The molecule has 1 aliphatic heterocycles. The monoisotopic (exact) mass is 365 g/mol. The van der Waals surface area contributed by atoms with Gasteiger partial charge in [-0.15, -0.1) is 0 Å². The Labute approximate surface area is 145 Å². The standard InChI is InChI=1S/C15H8ClNO4S2/c16-10-3-1-7(5-9(10)14(19)20)11-4-2-8(21-11)6-12-13(18)17-15(22)23-12/h1-6H,(H,19,20)(H,17,18,22)/b12-6-. The molecule has 2 heterocycles. The fourth-order valence-corrected chi connectivity index (χ4v) is 3.20. The second-order valence-corrected chi connectivity index (χ2v) is 6.68. The topological polar surface area (TPSA) is 79.5 Å². The second-order valence-electron chi connectivity index (χ2n) is 4.55. The number of carboxylic acids is 1. The van der Waals surface area contributed by atoms with Crippen LogP contribution in [0, 0.1) is 0 Å². The van der Waals surface area contributed by atoms with E-state index in [2.05, 4.69) is 5.32 Å². The Morgan fingerprint density at radius 1 is 1.35 bits per heavy atom. The van der Waals surface area contributed by atoms with Gasteiger partial charge in [0.2, 0.25) is 0 Å². The SMILES string of the molecule is O=C1NC(=S)S/C1=C\c1ccc(-c2ccc(Cl)c(C(=O)O)c2)o1. The smallest absolute Gasteiger partial charge is 0.337 e. The Bertz CT molecular complexity index is 872. The van der Waals surface area contributed by atoms with Gasteiger partial charge in [0.25, 0.3) is 5.91 Å². The first-order chi connectivity index (χ1) is 10.9. The molecule has 0 aliphatic carbocycles. The van der Waals surface area contributed by atoms with Gasteiger partial charge in [-0.1, -0.05) is 35.6 Å². The van der Waals surface area contributed by atoms with Crippen molar-refractivity contribution in [1.29, 1.82) is 0 Å². The van der Waals surface area contributed by atoms with Gasteiger partial charge >= 0.3 is 5.97 Å². The van der Waals surface area contributed by atoms with Gasteiger partial charge in [-0.25, -0.2) is 4.79 Å². The second kappa shape index (κ2) is 6.19. The minimum atomic E-state index is -1.11. The summed E-state index contributed by atoms with van der Waals surface area (Å²) in [6.07, 6.45) is 1.58. The summed E-state index contributed by atoms with van der Waals surface area (Å²) in [4.78, 5) is 23.2. The summed E-state index contributed by atoms with van der Waals surface area (Å²) < 4.78 is 6.04. The molecule has 1 saturated heterocycles. The quantitative estimate of drug-likeness (QED) is 0.636. The summed E-state index contributed by atoms with van der Waals surface area (Å²) in [5.41, 5.74) is 0.576. The van der Waals surface area contributed by atoms with E-state index in [4.69, 9.17) is 33.3 Å². The average Bonchev–Trinajstić information content (AvgIpc) is 3.06. The number of amides is 1. The maximum absolute atomic E-state index is 11.6. The number of rotatable bonds is 3. The molecule has 2 aromatic rings. The molecule has 1 aromatic carbocycles. The minimum Gasteiger partial charge on any atom is -0.478 e. The number of hydrogen-bond acceptors (Lipinski definition) is 5. The number of hydrogen-bond donors (Lipinski definition) is 2. The molecule has 5 nitrogen and oxygen atoms in total. The maximum atomic E-state index is 11.6. The number of nitrogens with one attached hydrogen (secondary N) is 1. The van der Waals surface area contributed by atoms with Crippen molar-refractivity contribution in [2.45, 2.75) is 0 Å². The molecule has 1 fully saturated rings. The summed E-state index contributed by atoms with van der Waals surface area (Å²) in [6, 6.07) is 7.98. The Hall–Kier alpha value is -2.09. The van der Waals surface area contributed by atoms with E-state index in [0.29, 0.717) is 26.3 Å². The molecule has 116 valence electrons. The van der Waals surface area contributed by atoms with Crippen molar-refractivity contribution in [2.24, 2.45) is 0 Å². The highest BCUT2D eigenvalue weighted by molar-refractivity contribution is 8.26. The molecule has 0 radical (unpaired) electrons. The minimum absolute atomic E-state index is 0.00320. The Morgan fingerprint density at radius 3 is 2.78 bits per heavy atom. The van der Waals surface area contributed by atoms with Gasteiger partial charge in [0.15, 0.2) is 0 Å². The fraction of sp³-hybridized carbons (Fsp3) is 0. The molecule has 0 atom stereocenters. The highest BCUT2D eigenvalue weighted by Gasteiger charge is 2.22. The van der Waals surface area contributed by atoms with Crippen LogP contribution in [-0.4, -0.2) is 21.3 Å². The molecule has 3 rings (SSSR count). The molecule has 1 aromatic heterocycles. The van der Waals surface area contributed by atoms with Crippen molar-refractivity contribution >= 4 is 57.9 Å². The molecule has 1 aliphatic rings. The number of thiocarbonyl (C=S) groups is 1. The fourth-order valence-electron chi connectivity index (χ4n) is 1.98. The number of thioether (sulfide) groups is 1. The number of halogens is 1. The van der Waals surface area contributed by atoms with E-state index in [-0.39, 0.29) is 16.5 Å². The molecule has 8 heteroatoms. The Morgan fingerprint density at radius 2 is 2.13 bits per heavy atom. The largest absolute Gasteiger partial charge is 0.478 e. The zero-order chi connectivity index (χ0) is 16.6. The van der Waals surface area contributed by atoms with Gasteiger partial charge in [0.1, 0.15) is 15.8 Å². The highest BCUT2D eigenvalue weighted by atomic mass is 35.5. The number of carboxylic acid groups (broad SMARTS) is 1. The van der Waals surface area contributed by atoms with Gasteiger partial charge in [-0.2, -0.15) is 0 Å². The van der Waals surface area contributed by atoms with Crippen molar-refractivity contribution in [3.8, 4) is 11.3 Å². The van der Waals surface area contributed by atoms with Crippen molar-refractivity contribution in [2.75, 3.05) is 0 Å². The van der Waals surface area contributed by atoms with Crippen LogP contribution in [0.25, 0.3) is 17.4 Å². The van der Waals surface area contributed by atoms with E-state index in [9.17, 15) is 9.59 Å². The van der Waals surface area contributed by atoms with Crippen molar-refractivity contribution < 1.29 is 19.1 Å². The molecule has 0 spiro atoms. The average molecular weight is 366 g/mol. The van der Waals surface area contributed by atoms with Gasteiger partial charge < -0.3 is 14.8 Å². The van der Waals surface area contributed by atoms with Gasteiger partial charge in [0, 0.05) is 11.6 Å². The number of carbonyl (C=O) groups is 2. The summed E-state index contributed by atoms with van der Waals surface area (Å²) in [5, 5.41) is 11.8. The third-order valence-corrected chi connectivity index (χ3v) is 4.52. The zero-order valence-corrected chi connectivity index (χ0v) is 13.7. The van der Waals surface area contributed by atoms with Crippen LogP contribution in [0.3, 0.4) is 0 Å². The van der Waals surface area contributed by atoms with Crippen molar-refractivity contribution in [3.05, 3.63) is 51.6 Å². The number of benzene rings is 1. The molecular weight excluding hydrogens is 358 g/mol. The van der Waals surface area contributed by atoms with Crippen molar-refractivity contribution in [3.63, 3.8) is 0 Å². The van der Waals surface area contributed by atoms with Crippen LogP contribution in [0.5, 0.6) is 0 Å². The summed E-state index contributed by atoms with van der Waals surface area (Å²) >= 11 is 11.9. The van der Waals surface area contributed by atoms with Gasteiger partial charge in [0.05, 0.1) is 15.5 Å². The van der Waals surface area contributed by atoms with Crippen LogP contribution < -0.4 is 5.32 Å². The summed E-state index contributed by atoms with van der Waals surface area (Å²) in [6.45, 7) is 0. The zero-order valence-electron chi connectivity index (χ0n) is 11.3. The van der Waals surface area contributed by atoms with Crippen LogP contribution in [0.2, 0.25) is 5.02 Å². The van der Waals surface area contributed by atoms with E-state index in [1.54, 1.807) is 24.3 Å². The third kappa shape index (κ3) is 3.31. The van der Waals surface area contributed by atoms with E-state index >= 15 is 0 Å².